The van der Waals surface area contributed by atoms with Gasteiger partial charge in [-0.25, -0.2) is 0 Å². The number of hydrogen-bond donors (Lipinski definition) is 0. The second kappa shape index (κ2) is 12.0. The maximum Gasteiger partial charge on any atom is 0.308 e. The lowest BCUT2D eigenvalue weighted by molar-refractivity contribution is -0.135. The van der Waals surface area contributed by atoms with Crippen molar-refractivity contribution in [3.63, 3.8) is 0 Å². The molecule has 2 aromatic rings. The number of aryl methyl sites for hydroxylation is 2. The highest BCUT2D eigenvalue weighted by Gasteiger charge is 2.33. The molecule has 0 amide bonds. The molecule has 38 heavy (non-hydrogen) atoms. The van der Waals surface area contributed by atoms with Crippen molar-refractivity contribution < 1.29 is 57.2 Å². The molecule has 0 spiro atoms. The van der Waals surface area contributed by atoms with Gasteiger partial charge in [0, 0.05) is 41.5 Å². The van der Waals surface area contributed by atoms with E-state index >= 15 is 0 Å². The molecule has 0 aliphatic heterocycles. The third kappa shape index (κ3) is 7.15. The fraction of sp³-hybridized carbons (Fsp3) is 0.308. The van der Waals surface area contributed by atoms with E-state index in [2.05, 4.69) is 0 Å². The smallest absolute Gasteiger partial charge is 0.308 e. The Bertz CT molecular complexity index is 1250. The minimum Gasteiger partial charge on any atom is -0.426 e. The predicted molar refractivity (Wildman–Crippen MR) is 129 cm³/mol. The Morgan fingerprint density at radius 2 is 0.658 bits per heavy atom. The largest absolute Gasteiger partial charge is 0.426 e. The summed E-state index contributed by atoms with van der Waals surface area (Å²) in [5, 5.41) is 0. The predicted octanol–water partition coefficient (Wildman–Crippen LogP) is 3.52. The van der Waals surface area contributed by atoms with Gasteiger partial charge in [-0.05, 0) is 37.1 Å². The van der Waals surface area contributed by atoms with Gasteiger partial charge in [-0.3, -0.25) is 28.8 Å². The quantitative estimate of drug-likeness (QED) is 0.379. The van der Waals surface area contributed by atoms with Crippen molar-refractivity contribution in [2.24, 2.45) is 0 Å². The maximum absolute atomic E-state index is 12.2. The number of carbonyl (C=O) groups is 6. The molecule has 2 rings (SSSR count). The van der Waals surface area contributed by atoms with Gasteiger partial charge in [-0.2, -0.15) is 0 Å². The van der Waals surface area contributed by atoms with Gasteiger partial charge in [0.1, 0.15) is 11.5 Å². The Kier molecular flexibility index (Phi) is 9.31. The highest BCUT2D eigenvalue weighted by molar-refractivity contribution is 5.96. The zero-order chi connectivity index (χ0) is 28.9. The molecular weight excluding hydrogens is 504 g/mol. The molecule has 0 saturated heterocycles. The summed E-state index contributed by atoms with van der Waals surface area (Å²) < 4.78 is 32.2. The van der Waals surface area contributed by atoms with Crippen LogP contribution in [0.5, 0.6) is 34.5 Å². The number of benzene rings is 2. The molecule has 0 unspecified atom stereocenters. The average Bonchev–Trinajstić information content (AvgIpc) is 2.73. The fourth-order valence-electron chi connectivity index (χ4n) is 3.45. The van der Waals surface area contributed by atoms with Crippen LogP contribution in [0, 0.1) is 13.8 Å². The van der Waals surface area contributed by atoms with E-state index in [-0.39, 0.29) is 45.3 Å². The van der Waals surface area contributed by atoms with Crippen LogP contribution in [0.15, 0.2) is 12.1 Å². The molecule has 202 valence electrons. The van der Waals surface area contributed by atoms with Crippen molar-refractivity contribution in [1.82, 2.24) is 0 Å². The van der Waals surface area contributed by atoms with Gasteiger partial charge in [0.15, 0.2) is 23.0 Å². The van der Waals surface area contributed by atoms with Crippen molar-refractivity contribution in [2.75, 3.05) is 0 Å². The lowest BCUT2D eigenvalue weighted by atomic mass is 9.96. The van der Waals surface area contributed by atoms with E-state index in [4.69, 9.17) is 28.4 Å². The molecule has 12 heteroatoms. The molecule has 12 nitrogen and oxygen atoms in total. The molecule has 0 fully saturated rings. The van der Waals surface area contributed by atoms with Gasteiger partial charge in [-0.15, -0.1) is 0 Å². The summed E-state index contributed by atoms with van der Waals surface area (Å²) in [6, 6.07) is 2.59. The van der Waals surface area contributed by atoms with Crippen molar-refractivity contribution in [1.29, 1.82) is 0 Å². The summed E-state index contributed by atoms with van der Waals surface area (Å²) >= 11 is 0. The topological polar surface area (TPSA) is 158 Å². The Morgan fingerprint density at radius 3 is 0.895 bits per heavy atom. The number of carbonyl (C=O) groups excluding carboxylic acids is 6. The third-order valence-corrected chi connectivity index (χ3v) is 4.51. The summed E-state index contributed by atoms with van der Waals surface area (Å²) in [6.07, 6.45) is 0. The summed E-state index contributed by atoms with van der Waals surface area (Å²) in [5.41, 5.74) is -0.130. The van der Waals surface area contributed by atoms with Crippen LogP contribution in [0.3, 0.4) is 0 Å². The van der Waals surface area contributed by atoms with Crippen LogP contribution in [0.4, 0.5) is 0 Å². The summed E-state index contributed by atoms with van der Waals surface area (Å²) in [5.74, 6) is -6.72. The molecule has 0 bridgehead atoms. The number of esters is 6. The monoisotopic (exact) mass is 530 g/mol. The first-order chi connectivity index (χ1) is 17.6. The minimum atomic E-state index is -0.866. The van der Waals surface area contributed by atoms with Crippen LogP contribution in [-0.2, 0) is 28.8 Å². The van der Waals surface area contributed by atoms with Crippen molar-refractivity contribution in [2.45, 2.75) is 55.4 Å². The van der Waals surface area contributed by atoms with Crippen LogP contribution in [-0.4, -0.2) is 35.8 Å². The number of ether oxygens (including phenoxy) is 6. The Hall–Kier alpha value is -4.74. The molecule has 0 N–H and O–H groups in total. The van der Waals surface area contributed by atoms with Crippen molar-refractivity contribution >= 4 is 35.8 Å². The lowest BCUT2D eigenvalue weighted by Crippen LogP contribution is -2.14. The van der Waals surface area contributed by atoms with E-state index < -0.39 is 47.3 Å². The second-order valence-electron chi connectivity index (χ2n) is 8.01. The van der Waals surface area contributed by atoms with Gasteiger partial charge in [0.2, 0.25) is 0 Å². The first-order valence-electron chi connectivity index (χ1n) is 11.1. The molecule has 0 heterocycles. The Balaban J connectivity index is 3.30. The van der Waals surface area contributed by atoms with E-state index in [1.165, 1.54) is 26.0 Å². The van der Waals surface area contributed by atoms with Crippen LogP contribution in [0.25, 0.3) is 11.1 Å². The zero-order valence-electron chi connectivity index (χ0n) is 22.1. The van der Waals surface area contributed by atoms with E-state index in [1.54, 1.807) is 0 Å². The minimum absolute atomic E-state index is 0.215. The van der Waals surface area contributed by atoms with Crippen LogP contribution >= 0.6 is 0 Å². The second-order valence-corrected chi connectivity index (χ2v) is 8.01. The lowest BCUT2D eigenvalue weighted by Gasteiger charge is -2.23. The van der Waals surface area contributed by atoms with Crippen molar-refractivity contribution in [3.05, 3.63) is 23.3 Å². The molecule has 0 aliphatic rings. The molecule has 0 saturated carbocycles. The molecule has 0 radical (unpaired) electrons. The van der Waals surface area contributed by atoms with Gasteiger partial charge in [0.25, 0.3) is 0 Å². The number of rotatable bonds is 7. The Labute approximate surface area is 217 Å². The third-order valence-electron chi connectivity index (χ3n) is 4.51. The molecule has 0 aromatic heterocycles. The highest BCUT2D eigenvalue weighted by atomic mass is 16.6. The molecule has 2 aromatic carbocycles. The molecule has 0 atom stereocenters. The molecular formula is C26H26O12. The Morgan fingerprint density at radius 1 is 0.421 bits per heavy atom. The van der Waals surface area contributed by atoms with Crippen LogP contribution in [0.1, 0.15) is 52.7 Å². The highest BCUT2D eigenvalue weighted by Crippen LogP contribution is 2.56. The van der Waals surface area contributed by atoms with E-state index in [0.717, 1.165) is 41.5 Å². The number of hydrogen-bond acceptors (Lipinski definition) is 12. The van der Waals surface area contributed by atoms with Gasteiger partial charge < -0.3 is 28.4 Å². The summed E-state index contributed by atoms with van der Waals surface area (Å²) in [7, 11) is 0. The van der Waals surface area contributed by atoms with Gasteiger partial charge in [-0.1, -0.05) is 0 Å². The first kappa shape index (κ1) is 29.5. The summed E-state index contributed by atoms with van der Waals surface area (Å²) in [6.45, 7) is 9.52. The average molecular weight is 530 g/mol. The summed E-state index contributed by atoms with van der Waals surface area (Å²) in [4.78, 5) is 72.2. The van der Waals surface area contributed by atoms with Gasteiger partial charge >= 0.3 is 35.8 Å². The van der Waals surface area contributed by atoms with Crippen LogP contribution < -0.4 is 28.4 Å². The maximum atomic E-state index is 12.2. The van der Waals surface area contributed by atoms with Gasteiger partial charge in [0.05, 0.1) is 11.1 Å². The molecule has 0 aliphatic carbocycles. The van der Waals surface area contributed by atoms with E-state index in [1.807, 2.05) is 0 Å². The van der Waals surface area contributed by atoms with E-state index in [0.29, 0.717) is 0 Å². The first-order valence-corrected chi connectivity index (χ1v) is 11.1. The van der Waals surface area contributed by atoms with Crippen LogP contribution in [0.2, 0.25) is 0 Å². The normalized spacial score (nSPS) is 10.2. The SMILES string of the molecule is CC(=O)Oc1cc(C)c(OC(C)=O)c(OC(C)=O)c1-c1c(OC(C)=O)cc(C)c(OC(C)=O)c1OC(C)=O. The zero-order valence-corrected chi connectivity index (χ0v) is 22.1. The fourth-order valence-corrected chi connectivity index (χ4v) is 3.45. The van der Waals surface area contributed by atoms with Crippen molar-refractivity contribution in [3.8, 4) is 45.6 Å². The van der Waals surface area contributed by atoms with E-state index in [9.17, 15) is 28.8 Å². The standard InChI is InChI=1S/C26H26O12/c1-11-9-19(33-13(3)27)21(25(37-17(7)31)23(11)35-15(5)29)22-20(34-14(4)28)10-12(2)24(36-16(6)30)26(22)38-18(8)32/h9-10H,1-8H3.